The normalized spacial score (nSPS) is 24.6. The molecule has 2 nitrogen and oxygen atoms in total. The first kappa shape index (κ1) is 12.4. The van der Waals surface area contributed by atoms with Crippen molar-refractivity contribution < 1.29 is 0 Å². The van der Waals surface area contributed by atoms with Crippen LogP contribution in [0.4, 0.5) is 5.69 Å². The van der Waals surface area contributed by atoms with Crippen LogP contribution in [0.5, 0.6) is 0 Å². The Hall–Kier alpha value is -1.05. The van der Waals surface area contributed by atoms with Crippen LogP contribution in [0, 0.1) is 18.8 Å². The van der Waals surface area contributed by atoms with Crippen LogP contribution >= 0.6 is 0 Å². The summed E-state index contributed by atoms with van der Waals surface area (Å²) in [6, 6.07) is 2.07. The van der Waals surface area contributed by atoms with Crippen LogP contribution in [0.1, 0.15) is 44.6 Å². The van der Waals surface area contributed by atoms with Gasteiger partial charge in [0.05, 0.1) is 0 Å². The summed E-state index contributed by atoms with van der Waals surface area (Å²) in [7, 11) is 0. The molecule has 0 spiro atoms. The van der Waals surface area contributed by atoms with Gasteiger partial charge in [0.25, 0.3) is 0 Å². The van der Waals surface area contributed by atoms with Crippen molar-refractivity contribution in [3.8, 4) is 0 Å². The van der Waals surface area contributed by atoms with Crippen molar-refractivity contribution in [1.82, 2.24) is 4.98 Å². The van der Waals surface area contributed by atoms with Crippen LogP contribution in [0.25, 0.3) is 0 Å². The maximum absolute atomic E-state index is 4.11. The van der Waals surface area contributed by atoms with Crippen molar-refractivity contribution in [1.29, 1.82) is 0 Å². The number of nitrogens with one attached hydrogen (secondary N) is 1. The van der Waals surface area contributed by atoms with Gasteiger partial charge in [-0.05, 0) is 36.8 Å². The predicted molar refractivity (Wildman–Crippen MR) is 73.2 cm³/mol. The fourth-order valence-electron chi connectivity index (χ4n) is 2.70. The van der Waals surface area contributed by atoms with E-state index in [0.717, 1.165) is 18.4 Å². The van der Waals surface area contributed by atoms with Gasteiger partial charge >= 0.3 is 0 Å². The average molecular weight is 232 g/mol. The minimum Gasteiger partial charge on any atom is -0.385 e. The molecular formula is C15H24N2. The van der Waals surface area contributed by atoms with Crippen molar-refractivity contribution in [3.05, 3.63) is 24.0 Å². The molecule has 1 aromatic rings. The van der Waals surface area contributed by atoms with Gasteiger partial charge in [-0.3, -0.25) is 4.98 Å². The van der Waals surface area contributed by atoms with Gasteiger partial charge in [-0.15, -0.1) is 0 Å². The highest BCUT2D eigenvalue weighted by Crippen LogP contribution is 2.30. The molecule has 2 heteroatoms. The van der Waals surface area contributed by atoms with Crippen LogP contribution < -0.4 is 5.32 Å². The zero-order valence-corrected chi connectivity index (χ0v) is 11.1. The summed E-state index contributed by atoms with van der Waals surface area (Å²) in [6.07, 6.45) is 10.8. The second-order valence-corrected chi connectivity index (χ2v) is 5.53. The van der Waals surface area contributed by atoms with Gasteiger partial charge in [0.15, 0.2) is 0 Å². The number of rotatable bonds is 4. The smallest absolute Gasteiger partial charge is 0.0400 e. The number of nitrogens with zero attached hydrogens (tertiary/aromatic N) is 1. The fourth-order valence-corrected chi connectivity index (χ4v) is 2.70. The number of hydrogen-bond donors (Lipinski definition) is 1. The molecule has 0 aromatic carbocycles. The van der Waals surface area contributed by atoms with Gasteiger partial charge < -0.3 is 5.32 Å². The van der Waals surface area contributed by atoms with E-state index in [4.69, 9.17) is 0 Å². The van der Waals surface area contributed by atoms with Gasteiger partial charge in [0.2, 0.25) is 0 Å². The largest absolute Gasteiger partial charge is 0.385 e. The Balaban J connectivity index is 1.71. The molecule has 0 amide bonds. The van der Waals surface area contributed by atoms with Crippen molar-refractivity contribution in [2.75, 3.05) is 11.9 Å². The van der Waals surface area contributed by atoms with E-state index in [0.29, 0.717) is 0 Å². The molecule has 1 heterocycles. The Bertz CT molecular complexity index is 341. The van der Waals surface area contributed by atoms with Crippen molar-refractivity contribution in [2.45, 2.75) is 46.0 Å². The third-order valence-electron chi connectivity index (χ3n) is 4.02. The third kappa shape index (κ3) is 3.72. The predicted octanol–water partition coefficient (Wildman–Crippen LogP) is 4.02. The lowest BCUT2D eigenvalue weighted by Crippen LogP contribution is -2.16. The highest BCUT2D eigenvalue weighted by Gasteiger charge is 2.17. The SMILES string of the molecule is Cc1cnccc1NCCC1CCC(C)CC1. The topological polar surface area (TPSA) is 24.9 Å². The fraction of sp³-hybridized carbons (Fsp3) is 0.667. The second kappa shape index (κ2) is 6.04. The summed E-state index contributed by atoms with van der Waals surface area (Å²) in [5.41, 5.74) is 2.48. The second-order valence-electron chi connectivity index (χ2n) is 5.53. The Morgan fingerprint density at radius 2 is 2.06 bits per heavy atom. The zero-order chi connectivity index (χ0) is 12.1. The molecule has 0 unspecified atom stereocenters. The standard InChI is InChI=1S/C15H24N2/c1-12-3-5-14(6-4-12)7-10-17-15-8-9-16-11-13(15)2/h8-9,11-12,14H,3-7,10H2,1-2H3,(H,16,17). The highest BCUT2D eigenvalue weighted by molar-refractivity contribution is 5.48. The van der Waals surface area contributed by atoms with E-state index >= 15 is 0 Å². The molecule has 1 fully saturated rings. The van der Waals surface area contributed by atoms with Crippen molar-refractivity contribution >= 4 is 5.69 Å². The van der Waals surface area contributed by atoms with Crippen LogP contribution in [0.3, 0.4) is 0 Å². The zero-order valence-electron chi connectivity index (χ0n) is 11.1. The molecule has 0 bridgehead atoms. The minimum absolute atomic E-state index is 0.945. The minimum atomic E-state index is 0.945. The van der Waals surface area contributed by atoms with Gasteiger partial charge in [-0.1, -0.05) is 32.6 Å². The number of aromatic nitrogens is 1. The Kier molecular flexibility index (Phi) is 4.41. The average Bonchev–Trinajstić information content (AvgIpc) is 2.34. The maximum atomic E-state index is 4.11. The van der Waals surface area contributed by atoms with Crippen molar-refractivity contribution in [3.63, 3.8) is 0 Å². The van der Waals surface area contributed by atoms with Crippen LogP contribution in [-0.2, 0) is 0 Å². The van der Waals surface area contributed by atoms with Crippen LogP contribution in [0.15, 0.2) is 18.5 Å². The summed E-state index contributed by atoms with van der Waals surface area (Å²) >= 11 is 0. The lowest BCUT2D eigenvalue weighted by Gasteiger charge is -2.26. The van der Waals surface area contributed by atoms with E-state index in [2.05, 4.69) is 30.2 Å². The van der Waals surface area contributed by atoms with Gasteiger partial charge in [-0.2, -0.15) is 0 Å². The lowest BCUT2D eigenvalue weighted by molar-refractivity contribution is 0.282. The summed E-state index contributed by atoms with van der Waals surface area (Å²) < 4.78 is 0. The molecule has 1 N–H and O–H groups in total. The molecule has 0 aliphatic heterocycles. The molecular weight excluding hydrogens is 208 g/mol. The van der Waals surface area contributed by atoms with E-state index in [1.807, 2.05) is 12.4 Å². The van der Waals surface area contributed by atoms with E-state index in [1.54, 1.807) is 0 Å². The summed E-state index contributed by atoms with van der Waals surface area (Å²) in [5, 5.41) is 3.53. The summed E-state index contributed by atoms with van der Waals surface area (Å²) in [4.78, 5) is 4.11. The van der Waals surface area contributed by atoms with E-state index < -0.39 is 0 Å². The third-order valence-corrected chi connectivity index (χ3v) is 4.02. The molecule has 1 saturated carbocycles. The maximum Gasteiger partial charge on any atom is 0.0400 e. The molecule has 94 valence electrons. The Labute approximate surface area is 105 Å². The van der Waals surface area contributed by atoms with Gasteiger partial charge in [0.1, 0.15) is 0 Å². The molecule has 1 aromatic heterocycles. The number of aryl methyl sites for hydroxylation is 1. The van der Waals surface area contributed by atoms with E-state index in [1.165, 1.54) is 43.4 Å². The first-order chi connectivity index (χ1) is 8.25. The molecule has 2 rings (SSSR count). The molecule has 1 aliphatic rings. The van der Waals surface area contributed by atoms with Crippen molar-refractivity contribution in [2.24, 2.45) is 11.8 Å². The Morgan fingerprint density at radius 3 is 2.76 bits per heavy atom. The first-order valence-corrected chi connectivity index (χ1v) is 6.90. The number of anilines is 1. The molecule has 1 aliphatic carbocycles. The lowest BCUT2D eigenvalue weighted by atomic mass is 9.81. The summed E-state index contributed by atoms with van der Waals surface area (Å²) in [5.74, 6) is 1.91. The van der Waals surface area contributed by atoms with Gasteiger partial charge in [-0.25, -0.2) is 0 Å². The molecule has 17 heavy (non-hydrogen) atoms. The number of hydrogen-bond acceptors (Lipinski definition) is 2. The van der Waals surface area contributed by atoms with Gasteiger partial charge in [0, 0.05) is 24.6 Å². The van der Waals surface area contributed by atoms with Crippen LogP contribution in [-0.4, -0.2) is 11.5 Å². The highest BCUT2D eigenvalue weighted by atomic mass is 14.9. The molecule has 0 radical (unpaired) electrons. The van der Waals surface area contributed by atoms with E-state index in [9.17, 15) is 0 Å². The molecule has 0 saturated heterocycles. The number of pyridine rings is 1. The summed E-state index contributed by atoms with van der Waals surface area (Å²) in [6.45, 7) is 5.59. The monoisotopic (exact) mass is 232 g/mol. The van der Waals surface area contributed by atoms with Crippen LogP contribution in [0.2, 0.25) is 0 Å². The molecule has 0 atom stereocenters. The van der Waals surface area contributed by atoms with E-state index in [-0.39, 0.29) is 0 Å². The first-order valence-electron chi connectivity index (χ1n) is 6.90. The Morgan fingerprint density at radius 1 is 1.29 bits per heavy atom. The quantitative estimate of drug-likeness (QED) is 0.848.